The fourth-order valence-electron chi connectivity index (χ4n) is 4.79. The molecule has 0 bridgehead atoms. The van der Waals surface area contributed by atoms with Crippen LogP contribution < -0.4 is 0 Å². The Balaban J connectivity index is 1.47. The fraction of sp³-hybridized carbons (Fsp3) is 0.609. The van der Waals surface area contributed by atoms with Crippen molar-refractivity contribution in [2.45, 2.75) is 45.1 Å². The van der Waals surface area contributed by atoms with Crippen LogP contribution in [0.1, 0.15) is 44.6 Å². The molecule has 3 atom stereocenters. The lowest BCUT2D eigenvalue weighted by molar-refractivity contribution is -0.164. The smallest absolute Gasteiger partial charge is 0.314 e. The third-order valence-corrected chi connectivity index (χ3v) is 6.40. The van der Waals surface area contributed by atoms with E-state index in [0.29, 0.717) is 45.6 Å². The number of piperidine rings is 1. The molecular weight excluding hydrogens is 403 g/mol. The van der Waals surface area contributed by atoms with Gasteiger partial charge in [0.1, 0.15) is 11.9 Å². The molecule has 0 aliphatic carbocycles. The number of amides is 1. The standard InChI is InChI=1S/C23H29FN2O5/c1-2-30-22(28)23(9-3-10-26(15-23)21(27)17-8-11-29-14-17)13-19-12-20(25-31-19)16-4-6-18(24)7-5-16/h4-7,17,19H,2-3,8-15H2,1H3/t17-,19+,23-/m0/s1. The number of carbonyl (C=O) groups excluding carboxylic acids is 2. The molecule has 4 rings (SSSR count). The molecule has 31 heavy (non-hydrogen) atoms. The van der Waals surface area contributed by atoms with Crippen LogP contribution in [0.5, 0.6) is 0 Å². The Morgan fingerprint density at radius 3 is 2.84 bits per heavy atom. The van der Waals surface area contributed by atoms with Crippen LogP contribution in [0.15, 0.2) is 29.4 Å². The second-order valence-electron chi connectivity index (χ2n) is 8.61. The second-order valence-corrected chi connectivity index (χ2v) is 8.61. The Morgan fingerprint density at radius 2 is 2.13 bits per heavy atom. The molecule has 2 saturated heterocycles. The lowest BCUT2D eigenvalue weighted by Crippen LogP contribution is -2.53. The Hall–Kier alpha value is -2.48. The van der Waals surface area contributed by atoms with E-state index in [-0.39, 0.29) is 36.3 Å². The molecule has 168 valence electrons. The van der Waals surface area contributed by atoms with E-state index in [1.54, 1.807) is 24.0 Å². The summed E-state index contributed by atoms with van der Waals surface area (Å²) in [5, 5.41) is 4.18. The van der Waals surface area contributed by atoms with Crippen LogP contribution in [0.4, 0.5) is 4.39 Å². The molecule has 3 aliphatic rings. The molecule has 3 heterocycles. The van der Waals surface area contributed by atoms with E-state index in [4.69, 9.17) is 14.3 Å². The van der Waals surface area contributed by atoms with Crippen molar-refractivity contribution in [2.75, 3.05) is 32.9 Å². The van der Waals surface area contributed by atoms with E-state index < -0.39 is 5.41 Å². The van der Waals surface area contributed by atoms with Gasteiger partial charge in [-0.25, -0.2) is 4.39 Å². The number of rotatable bonds is 6. The summed E-state index contributed by atoms with van der Waals surface area (Å²) in [6.07, 6.45) is 2.75. The Morgan fingerprint density at radius 1 is 1.32 bits per heavy atom. The normalized spacial score (nSPS) is 28.2. The van der Waals surface area contributed by atoms with E-state index in [1.807, 2.05) is 0 Å². The quantitative estimate of drug-likeness (QED) is 0.646. The predicted octanol–water partition coefficient (Wildman–Crippen LogP) is 2.92. The molecule has 1 amide bonds. The summed E-state index contributed by atoms with van der Waals surface area (Å²) in [4.78, 5) is 33.5. The zero-order valence-electron chi connectivity index (χ0n) is 17.8. The van der Waals surface area contributed by atoms with E-state index in [9.17, 15) is 14.0 Å². The largest absolute Gasteiger partial charge is 0.466 e. The minimum Gasteiger partial charge on any atom is -0.466 e. The molecule has 0 radical (unpaired) electrons. The number of likely N-dealkylation sites (tertiary alicyclic amines) is 1. The Kier molecular flexibility index (Phi) is 6.55. The maximum Gasteiger partial charge on any atom is 0.314 e. The summed E-state index contributed by atoms with van der Waals surface area (Å²) in [6.45, 7) is 4.09. The number of esters is 1. The number of halogens is 1. The first-order valence-corrected chi connectivity index (χ1v) is 11.0. The van der Waals surface area contributed by atoms with Gasteiger partial charge < -0.3 is 19.2 Å². The first kappa shape index (κ1) is 21.7. The maximum atomic E-state index is 13.2. The highest BCUT2D eigenvalue weighted by Gasteiger charge is 2.48. The van der Waals surface area contributed by atoms with Crippen molar-refractivity contribution in [3.63, 3.8) is 0 Å². The first-order valence-electron chi connectivity index (χ1n) is 11.0. The highest BCUT2D eigenvalue weighted by atomic mass is 19.1. The van der Waals surface area contributed by atoms with E-state index >= 15 is 0 Å². The molecule has 3 aliphatic heterocycles. The molecule has 0 unspecified atom stereocenters. The van der Waals surface area contributed by atoms with Crippen molar-refractivity contribution in [3.05, 3.63) is 35.6 Å². The highest BCUT2D eigenvalue weighted by molar-refractivity contribution is 6.01. The monoisotopic (exact) mass is 432 g/mol. The number of carbonyl (C=O) groups is 2. The Bertz CT molecular complexity index is 837. The van der Waals surface area contributed by atoms with Gasteiger partial charge in [0.05, 0.1) is 30.3 Å². The van der Waals surface area contributed by atoms with Gasteiger partial charge in [-0.05, 0) is 43.9 Å². The van der Waals surface area contributed by atoms with Gasteiger partial charge in [-0.2, -0.15) is 0 Å². The number of hydrogen-bond donors (Lipinski definition) is 0. The van der Waals surface area contributed by atoms with Crippen molar-refractivity contribution in [2.24, 2.45) is 16.5 Å². The fourth-order valence-corrected chi connectivity index (χ4v) is 4.79. The zero-order valence-corrected chi connectivity index (χ0v) is 17.8. The lowest BCUT2D eigenvalue weighted by Gasteiger charge is -2.42. The van der Waals surface area contributed by atoms with Crippen LogP contribution >= 0.6 is 0 Å². The highest BCUT2D eigenvalue weighted by Crippen LogP contribution is 2.39. The van der Waals surface area contributed by atoms with Crippen LogP contribution in [-0.2, 0) is 23.9 Å². The van der Waals surface area contributed by atoms with Crippen molar-refractivity contribution in [3.8, 4) is 0 Å². The predicted molar refractivity (Wildman–Crippen MR) is 111 cm³/mol. The second kappa shape index (κ2) is 9.34. The molecule has 1 aromatic carbocycles. The van der Waals surface area contributed by atoms with Crippen LogP contribution in [0.2, 0.25) is 0 Å². The van der Waals surface area contributed by atoms with Gasteiger partial charge in [-0.1, -0.05) is 17.3 Å². The number of oxime groups is 1. The van der Waals surface area contributed by atoms with Gasteiger partial charge in [0.2, 0.25) is 5.91 Å². The van der Waals surface area contributed by atoms with Crippen molar-refractivity contribution in [1.29, 1.82) is 0 Å². The van der Waals surface area contributed by atoms with E-state index in [1.165, 1.54) is 12.1 Å². The first-order chi connectivity index (χ1) is 15.0. The number of benzene rings is 1. The van der Waals surface area contributed by atoms with Gasteiger partial charge >= 0.3 is 5.97 Å². The van der Waals surface area contributed by atoms with E-state index in [0.717, 1.165) is 24.1 Å². The van der Waals surface area contributed by atoms with Crippen LogP contribution in [-0.4, -0.2) is 61.5 Å². The van der Waals surface area contributed by atoms with Gasteiger partial charge in [0.15, 0.2) is 0 Å². The van der Waals surface area contributed by atoms with Crippen LogP contribution in [0.3, 0.4) is 0 Å². The molecule has 1 aromatic rings. The number of hydrogen-bond acceptors (Lipinski definition) is 6. The summed E-state index contributed by atoms with van der Waals surface area (Å²) in [7, 11) is 0. The number of ether oxygens (including phenoxy) is 2. The average molecular weight is 432 g/mol. The molecule has 0 aromatic heterocycles. The minimum atomic E-state index is -0.818. The third-order valence-electron chi connectivity index (χ3n) is 6.40. The molecular formula is C23H29FN2O5. The van der Waals surface area contributed by atoms with Gasteiger partial charge in [-0.15, -0.1) is 0 Å². The zero-order chi connectivity index (χ0) is 21.8. The maximum absolute atomic E-state index is 13.2. The van der Waals surface area contributed by atoms with Crippen molar-refractivity contribution < 1.29 is 28.3 Å². The summed E-state index contributed by atoms with van der Waals surface area (Å²) in [5.74, 6) is -0.662. The summed E-state index contributed by atoms with van der Waals surface area (Å²) >= 11 is 0. The topological polar surface area (TPSA) is 77.4 Å². The van der Waals surface area contributed by atoms with Crippen LogP contribution in [0, 0.1) is 17.2 Å². The lowest BCUT2D eigenvalue weighted by atomic mass is 9.74. The molecule has 2 fully saturated rings. The Labute approximate surface area is 181 Å². The summed E-state index contributed by atoms with van der Waals surface area (Å²) in [5.41, 5.74) is 0.716. The molecule has 7 nitrogen and oxygen atoms in total. The van der Waals surface area contributed by atoms with Crippen molar-refractivity contribution >= 4 is 17.6 Å². The molecule has 0 N–H and O–H groups in total. The molecule has 8 heteroatoms. The van der Waals surface area contributed by atoms with Gasteiger partial charge in [0, 0.05) is 32.5 Å². The molecule has 0 saturated carbocycles. The van der Waals surface area contributed by atoms with Crippen molar-refractivity contribution in [1.82, 2.24) is 4.90 Å². The summed E-state index contributed by atoms with van der Waals surface area (Å²) < 4.78 is 24.0. The average Bonchev–Trinajstić information content (AvgIpc) is 3.47. The van der Waals surface area contributed by atoms with Gasteiger partial charge in [-0.3, -0.25) is 9.59 Å². The molecule has 0 spiro atoms. The van der Waals surface area contributed by atoms with Crippen LogP contribution in [0.25, 0.3) is 0 Å². The van der Waals surface area contributed by atoms with E-state index in [2.05, 4.69) is 5.16 Å². The minimum absolute atomic E-state index is 0.0569. The third kappa shape index (κ3) is 4.74. The number of nitrogens with zero attached hydrogens (tertiary/aromatic N) is 2. The SMILES string of the molecule is CCOC(=O)[C@]1(C[C@H]2CC(c3ccc(F)cc3)=NO2)CCCN(C(=O)[C@H]2CCOC2)C1. The summed E-state index contributed by atoms with van der Waals surface area (Å²) in [6, 6.07) is 6.13. The van der Waals surface area contributed by atoms with Gasteiger partial charge in [0.25, 0.3) is 0 Å².